The van der Waals surface area contributed by atoms with Gasteiger partial charge in [0.05, 0.1) is 11.8 Å². The molecule has 0 fully saturated rings. The Morgan fingerprint density at radius 2 is 2.25 bits per heavy atom. The molecule has 0 saturated heterocycles. The molecule has 0 saturated carbocycles. The normalized spacial score (nSPS) is 10.6. The topological polar surface area (TPSA) is 95.1 Å². The molecule has 6 nitrogen and oxygen atoms in total. The highest BCUT2D eigenvalue weighted by molar-refractivity contribution is 5.93. The van der Waals surface area contributed by atoms with E-state index in [1.165, 1.54) is 18.5 Å². The number of carboxylic acids is 1. The number of aromatic amines is 1. The van der Waals surface area contributed by atoms with E-state index in [4.69, 9.17) is 5.11 Å². The molecule has 0 aliphatic carbocycles. The van der Waals surface area contributed by atoms with E-state index in [0.717, 1.165) is 17.2 Å². The average Bonchev–Trinajstić information content (AvgIpc) is 2.97. The maximum atomic E-state index is 11.7. The smallest absolute Gasteiger partial charge is 0.328 e. The van der Waals surface area contributed by atoms with Crippen LogP contribution in [0.1, 0.15) is 21.5 Å². The summed E-state index contributed by atoms with van der Waals surface area (Å²) in [6.07, 6.45) is 5.54. The number of amides is 1. The largest absolute Gasteiger partial charge is 0.478 e. The highest BCUT2D eigenvalue weighted by Crippen LogP contribution is 2.07. The van der Waals surface area contributed by atoms with Crippen LogP contribution in [0.3, 0.4) is 0 Å². The van der Waals surface area contributed by atoms with E-state index in [1.54, 1.807) is 12.1 Å². The zero-order chi connectivity index (χ0) is 14.4. The summed E-state index contributed by atoms with van der Waals surface area (Å²) < 4.78 is 0. The zero-order valence-corrected chi connectivity index (χ0v) is 10.5. The Balaban J connectivity index is 1.98. The molecule has 0 aliphatic rings. The fourth-order valence-electron chi connectivity index (χ4n) is 1.63. The fraction of sp³-hybridized carbons (Fsp3) is 0.0714. The van der Waals surface area contributed by atoms with E-state index in [0.29, 0.717) is 12.1 Å². The number of nitrogens with zero attached hydrogens (tertiary/aromatic N) is 1. The van der Waals surface area contributed by atoms with E-state index >= 15 is 0 Å². The summed E-state index contributed by atoms with van der Waals surface area (Å²) in [6.45, 7) is 0.360. The molecule has 102 valence electrons. The minimum absolute atomic E-state index is 0.217. The number of carboxylic acid groups (broad SMARTS) is 1. The van der Waals surface area contributed by atoms with Crippen molar-refractivity contribution >= 4 is 18.0 Å². The van der Waals surface area contributed by atoms with Crippen molar-refractivity contribution in [2.75, 3.05) is 0 Å². The molecule has 0 spiro atoms. The number of rotatable bonds is 5. The average molecular weight is 271 g/mol. The third-order valence-corrected chi connectivity index (χ3v) is 2.58. The Morgan fingerprint density at radius 3 is 2.95 bits per heavy atom. The van der Waals surface area contributed by atoms with Crippen LogP contribution in [0.5, 0.6) is 0 Å². The highest BCUT2D eigenvalue weighted by Gasteiger charge is 2.05. The number of hydrogen-bond donors (Lipinski definition) is 3. The molecule has 1 amide bonds. The molecule has 2 aromatic rings. The van der Waals surface area contributed by atoms with Crippen LogP contribution in [-0.2, 0) is 11.3 Å². The quantitative estimate of drug-likeness (QED) is 0.717. The monoisotopic (exact) mass is 271 g/mol. The van der Waals surface area contributed by atoms with Crippen molar-refractivity contribution in [3.05, 3.63) is 59.4 Å². The second-order valence-electron chi connectivity index (χ2n) is 4.09. The SMILES string of the molecule is O=C(O)C=Cc1cccc(CNC(=O)c2cn[nH]c2)c1. The summed E-state index contributed by atoms with van der Waals surface area (Å²) in [5.74, 6) is -1.21. The summed E-state index contributed by atoms with van der Waals surface area (Å²) in [5, 5.41) is 17.6. The van der Waals surface area contributed by atoms with Gasteiger partial charge in [-0.15, -0.1) is 0 Å². The summed E-state index contributed by atoms with van der Waals surface area (Å²) in [5.41, 5.74) is 2.11. The molecule has 0 unspecified atom stereocenters. The first-order valence-corrected chi connectivity index (χ1v) is 5.92. The van der Waals surface area contributed by atoms with Crippen LogP contribution in [-0.4, -0.2) is 27.2 Å². The maximum absolute atomic E-state index is 11.7. The van der Waals surface area contributed by atoms with Crippen molar-refractivity contribution in [3.8, 4) is 0 Å². The van der Waals surface area contributed by atoms with Gasteiger partial charge < -0.3 is 10.4 Å². The van der Waals surface area contributed by atoms with Gasteiger partial charge in [0.15, 0.2) is 0 Å². The molecule has 0 aliphatic heterocycles. The lowest BCUT2D eigenvalue weighted by molar-refractivity contribution is -0.131. The van der Waals surface area contributed by atoms with Crippen LogP contribution < -0.4 is 5.32 Å². The van der Waals surface area contributed by atoms with Gasteiger partial charge in [0, 0.05) is 18.8 Å². The van der Waals surface area contributed by atoms with Gasteiger partial charge in [-0.3, -0.25) is 9.89 Å². The first-order chi connectivity index (χ1) is 9.65. The molecular formula is C14H13N3O3. The summed E-state index contributed by atoms with van der Waals surface area (Å²) in [7, 11) is 0. The third kappa shape index (κ3) is 3.81. The van der Waals surface area contributed by atoms with Crippen LogP contribution in [0, 0.1) is 0 Å². The first-order valence-electron chi connectivity index (χ1n) is 5.92. The van der Waals surface area contributed by atoms with E-state index < -0.39 is 5.97 Å². The molecule has 1 heterocycles. The molecule has 1 aromatic heterocycles. The Labute approximate surface area is 115 Å². The van der Waals surface area contributed by atoms with Crippen molar-refractivity contribution in [1.82, 2.24) is 15.5 Å². The van der Waals surface area contributed by atoms with Gasteiger partial charge in [-0.1, -0.05) is 18.2 Å². The number of nitrogens with one attached hydrogen (secondary N) is 2. The second-order valence-corrected chi connectivity index (χ2v) is 4.09. The number of aromatic nitrogens is 2. The maximum Gasteiger partial charge on any atom is 0.328 e. The number of H-pyrrole nitrogens is 1. The molecule has 20 heavy (non-hydrogen) atoms. The van der Waals surface area contributed by atoms with Gasteiger partial charge in [0.2, 0.25) is 0 Å². The van der Waals surface area contributed by atoms with E-state index in [-0.39, 0.29) is 5.91 Å². The molecule has 0 bridgehead atoms. The van der Waals surface area contributed by atoms with Crippen molar-refractivity contribution in [2.24, 2.45) is 0 Å². The van der Waals surface area contributed by atoms with Crippen molar-refractivity contribution in [3.63, 3.8) is 0 Å². The molecule has 3 N–H and O–H groups in total. The summed E-state index contributed by atoms with van der Waals surface area (Å²) >= 11 is 0. The van der Waals surface area contributed by atoms with Gasteiger partial charge in [-0.25, -0.2) is 4.79 Å². The van der Waals surface area contributed by atoms with Gasteiger partial charge in [-0.2, -0.15) is 5.10 Å². The van der Waals surface area contributed by atoms with Gasteiger partial charge in [-0.05, 0) is 23.3 Å². The Bertz CT molecular complexity index is 633. The number of benzene rings is 1. The molecule has 0 atom stereocenters. The summed E-state index contributed by atoms with van der Waals surface area (Å²) in [6, 6.07) is 7.27. The minimum atomic E-state index is -0.997. The Hall–Kier alpha value is -2.89. The van der Waals surface area contributed by atoms with E-state index in [9.17, 15) is 9.59 Å². The zero-order valence-electron chi connectivity index (χ0n) is 10.5. The molecule has 6 heteroatoms. The predicted molar refractivity (Wildman–Crippen MR) is 72.9 cm³/mol. The third-order valence-electron chi connectivity index (χ3n) is 2.58. The van der Waals surface area contributed by atoms with Crippen LogP contribution >= 0.6 is 0 Å². The first kappa shape index (κ1) is 13.5. The lowest BCUT2D eigenvalue weighted by Crippen LogP contribution is -2.22. The summed E-state index contributed by atoms with van der Waals surface area (Å²) in [4.78, 5) is 22.2. The molecule has 0 radical (unpaired) electrons. The lowest BCUT2D eigenvalue weighted by Gasteiger charge is -2.04. The number of aliphatic carboxylic acids is 1. The van der Waals surface area contributed by atoms with Crippen molar-refractivity contribution in [1.29, 1.82) is 0 Å². The fourth-order valence-corrected chi connectivity index (χ4v) is 1.63. The molecule has 2 rings (SSSR count). The molecule has 1 aromatic carbocycles. The van der Waals surface area contributed by atoms with Crippen LogP contribution in [0.4, 0.5) is 0 Å². The Kier molecular flexibility index (Phi) is 4.28. The van der Waals surface area contributed by atoms with E-state index in [2.05, 4.69) is 15.5 Å². The predicted octanol–water partition coefficient (Wildman–Crippen LogP) is 1.44. The Morgan fingerprint density at radius 1 is 1.40 bits per heavy atom. The number of carbonyl (C=O) groups excluding carboxylic acids is 1. The van der Waals surface area contributed by atoms with Gasteiger partial charge in [0.1, 0.15) is 0 Å². The van der Waals surface area contributed by atoms with Crippen molar-refractivity contribution in [2.45, 2.75) is 6.54 Å². The van der Waals surface area contributed by atoms with E-state index in [1.807, 2.05) is 12.1 Å². The van der Waals surface area contributed by atoms with Crippen molar-refractivity contribution < 1.29 is 14.7 Å². The van der Waals surface area contributed by atoms with Gasteiger partial charge in [0.25, 0.3) is 5.91 Å². The standard InChI is InChI=1S/C14H13N3O3/c18-13(19)5-4-10-2-1-3-11(6-10)7-15-14(20)12-8-16-17-9-12/h1-6,8-9H,7H2,(H,15,20)(H,16,17)(H,18,19). The van der Waals surface area contributed by atoms with Crippen LogP contribution in [0.15, 0.2) is 42.7 Å². The molecular weight excluding hydrogens is 258 g/mol. The second kappa shape index (κ2) is 6.33. The highest BCUT2D eigenvalue weighted by atomic mass is 16.4. The minimum Gasteiger partial charge on any atom is -0.478 e. The van der Waals surface area contributed by atoms with Crippen LogP contribution in [0.2, 0.25) is 0 Å². The van der Waals surface area contributed by atoms with Gasteiger partial charge >= 0.3 is 5.97 Å². The number of hydrogen-bond acceptors (Lipinski definition) is 3. The number of carbonyl (C=O) groups is 2. The lowest BCUT2D eigenvalue weighted by atomic mass is 10.1. The van der Waals surface area contributed by atoms with Crippen LogP contribution in [0.25, 0.3) is 6.08 Å².